The predicted octanol–water partition coefficient (Wildman–Crippen LogP) is 4.57. The molecule has 2 N–H and O–H groups in total. The van der Waals surface area contributed by atoms with Crippen LogP contribution in [-0.4, -0.2) is 26.1 Å². The Morgan fingerprint density at radius 2 is 1.79 bits per heavy atom. The van der Waals surface area contributed by atoms with Crippen molar-refractivity contribution in [2.75, 3.05) is 5.32 Å². The molecule has 0 saturated carbocycles. The first-order valence-electron chi connectivity index (χ1n) is 9.09. The number of nitrogens with zero attached hydrogens (tertiary/aromatic N) is 3. The fourth-order valence-electron chi connectivity index (χ4n) is 2.99. The minimum Gasteiger partial charge on any atom is -0.305 e. The molecule has 0 unspecified atom stereocenters. The van der Waals surface area contributed by atoms with Crippen LogP contribution in [0.3, 0.4) is 0 Å². The minimum atomic E-state index is -0.221. The lowest BCUT2D eigenvalue weighted by molar-refractivity contribution is 0.102. The fraction of sp³-hybridized carbons (Fsp3) is 0.182. The SMILES string of the molecule is CC(C)(C)c1cc(NC(=O)c2cc(-c3ccncc3)nc3ccccc23)n[nH]1. The van der Waals surface area contributed by atoms with E-state index >= 15 is 0 Å². The number of benzene rings is 1. The molecule has 3 heterocycles. The van der Waals surface area contributed by atoms with Crippen molar-refractivity contribution in [2.45, 2.75) is 26.2 Å². The van der Waals surface area contributed by atoms with E-state index in [0.29, 0.717) is 11.4 Å². The molecule has 0 saturated heterocycles. The predicted molar refractivity (Wildman–Crippen MR) is 110 cm³/mol. The van der Waals surface area contributed by atoms with Gasteiger partial charge in [0.05, 0.1) is 16.8 Å². The first kappa shape index (κ1) is 17.9. The number of rotatable bonds is 3. The summed E-state index contributed by atoms with van der Waals surface area (Å²) in [5, 5.41) is 10.9. The smallest absolute Gasteiger partial charge is 0.257 e. The number of aromatic amines is 1. The molecule has 6 heteroatoms. The van der Waals surface area contributed by atoms with Gasteiger partial charge in [0, 0.05) is 40.5 Å². The number of fused-ring (bicyclic) bond motifs is 1. The summed E-state index contributed by atoms with van der Waals surface area (Å²) in [5.41, 5.74) is 3.83. The number of nitrogens with one attached hydrogen (secondary N) is 2. The number of aromatic nitrogens is 4. The molecular weight excluding hydrogens is 350 g/mol. The molecule has 140 valence electrons. The van der Waals surface area contributed by atoms with E-state index in [1.165, 1.54) is 0 Å². The van der Waals surface area contributed by atoms with Gasteiger partial charge in [-0.1, -0.05) is 39.0 Å². The third-order valence-electron chi connectivity index (χ3n) is 4.56. The summed E-state index contributed by atoms with van der Waals surface area (Å²) in [5.74, 6) is 0.280. The summed E-state index contributed by atoms with van der Waals surface area (Å²) in [6, 6.07) is 15.1. The molecule has 28 heavy (non-hydrogen) atoms. The summed E-state index contributed by atoms with van der Waals surface area (Å²) in [4.78, 5) is 21.8. The molecular formula is C22H21N5O. The van der Waals surface area contributed by atoms with Crippen LogP contribution >= 0.6 is 0 Å². The molecule has 0 aliphatic rings. The van der Waals surface area contributed by atoms with Gasteiger partial charge < -0.3 is 5.32 Å². The van der Waals surface area contributed by atoms with Crippen molar-refractivity contribution in [1.82, 2.24) is 20.2 Å². The van der Waals surface area contributed by atoms with E-state index in [-0.39, 0.29) is 11.3 Å². The molecule has 0 spiro atoms. The summed E-state index contributed by atoms with van der Waals surface area (Å²) in [7, 11) is 0. The Bertz CT molecular complexity index is 1140. The summed E-state index contributed by atoms with van der Waals surface area (Å²) < 4.78 is 0. The molecule has 0 fully saturated rings. The zero-order valence-electron chi connectivity index (χ0n) is 16.0. The van der Waals surface area contributed by atoms with E-state index < -0.39 is 0 Å². The molecule has 0 aliphatic carbocycles. The van der Waals surface area contributed by atoms with Gasteiger partial charge in [0.1, 0.15) is 0 Å². The van der Waals surface area contributed by atoms with Gasteiger partial charge in [0.15, 0.2) is 5.82 Å². The Hall–Kier alpha value is -3.54. The molecule has 6 nitrogen and oxygen atoms in total. The second-order valence-electron chi connectivity index (χ2n) is 7.68. The lowest BCUT2D eigenvalue weighted by Gasteiger charge is -2.14. The van der Waals surface area contributed by atoms with Crippen LogP contribution in [0.15, 0.2) is 60.9 Å². The van der Waals surface area contributed by atoms with Gasteiger partial charge in [-0.25, -0.2) is 4.98 Å². The van der Waals surface area contributed by atoms with E-state index in [9.17, 15) is 4.79 Å². The Labute approximate surface area is 163 Å². The van der Waals surface area contributed by atoms with Crippen LogP contribution in [-0.2, 0) is 5.41 Å². The Kier molecular flexibility index (Phi) is 4.39. The van der Waals surface area contributed by atoms with Crippen LogP contribution in [0.1, 0.15) is 36.8 Å². The topological polar surface area (TPSA) is 83.6 Å². The van der Waals surface area contributed by atoms with Crippen LogP contribution in [0.4, 0.5) is 5.82 Å². The normalized spacial score (nSPS) is 11.5. The number of hydrogen-bond donors (Lipinski definition) is 2. The van der Waals surface area contributed by atoms with Crippen LogP contribution < -0.4 is 5.32 Å². The Balaban J connectivity index is 1.74. The van der Waals surface area contributed by atoms with Gasteiger partial charge in [-0.05, 0) is 24.3 Å². The molecule has 0 radical (unpaired) electrons. The van der Waals surface area contributed by atoms with E-state index in [2.05, 4.69) is 41.3 Å². The molecule has 0 aliphatic heterocycles. The second kappa shape index (κ2) is 6.88. The van der Waals surface area contributed by atoms with Crippen molar-refractivity contribution >= 4 is 22.6 Å². The van der Waals surface area contributed by atoms with Gasteiger partial charge >= 0.3 is 0 Å². The molecule has 0 bridgehead atoms. The molecule has 1 amide bonds. The van der Waals surface area contributed by atoms with Crippen LogP contribution in [0.5, 0.6) is 0 Å². The molecule has 3 aromatic heterocycles. The Morgan fingerprint density at radius 1 is 1.04 bits per heavy atom. The first-order valence-corrected chi connectivity index (χ1v) is 9.09. The largest absolute Gasteiger partial charge is 0.305 e. The van der Waals surface area contributed by atoms with Crippen molar-refractivity contribution in [1.29, 1.82) is 0 Å². The minimum absolute atomic E-state index is 0.0755. The highest BCUT2D eigenvalue weighted by Crippen LogP contribution is 2.26. The van der Waals surface area contributed by atoms with Gasteiger partial charge in [-0.3, -0.25) is 14.9 Å². The number of amides is 1. The highest BCUT2D eigenvalue weighted by molar-refractivity contribution is 6.12. The number of carbonyl (C=O) groups excluding carboxylic acids is 1. The van der Waals surface area contributed by atoms with E-state index in [0.717, 1.165) is 27.9 Å². The molecule has 4 aromatic rings. The van der Waals surface area contributed by atoms with Gasteiger partial charge in [-0.2, -0.15) is 5.10 Å². The zero-order valence-corrected chi connectivity index (χ0v) is 16.0. The standard InChI is InChI=1S/C22H21N5O/c1-22(2,3)19-13-20(27-26-19)25-21(28)16-12-18(14-8-10-23-11-9-14)24-17-7-5-4-6-15(16)17/h4-13H,1-3H3,(H2,25,26,27,28). The number of pyridine rings is 2. The maximum absolute atomic E-state index is 13.1. The Morgan fingerprint density at radius 3 is 2.50 bits per heavy atom. The van der Waals surface area contributed by atoms with Crippen LogP contribution in [0, 0.1) is 0 Å². The second-order valence-corrected chi connectivity index (χ2v) is 7.68. The average Bonchev–Trinajstić information content (AvgIpc) is 3.17. The number of anilines is 1. The molecule has 4 rings (SSSR count). The van der Waals surface area contributed by atoms with Crippen molar-refractivity contribution in [3.8, 4) is 11.3 Å². The highest BCUT2D eigenvalue weighted by atomic mass is 16.1. The van der Waals surface area contributed by atoms with E-state index in [1.807, 2.05) is 48.5 Å². The van der Waals surface area contributed by atoms with E-state index in [1.54, 1.807) is 12.4 Å². The fourth-order valence-corrected chi connectivity index (χ4v) is 2.99. The third-order valence-corrected chi connectivity index (χ3v) is 4.56. The lowest BCUT2D eigenvalue weighted by atomic mass is 9.92. The number of carbonyl (C=O) groups is 1. The van der Waals surface area contributed by atoms with Gasteiger partial charge in [0.25, 0.3) is 5.91 Å². The lowest BCUT2D eigenvalue weighted by Crippen LogP contribution is -2.13. The van der Waals surface area contributed by atoms with Crippen molar-refractivity contribution in [2.24, 2.45) is 0 Å². The molecule has 1 aromatic carbocycles. The maximum Gasteiger partial charge on any atom is 0.257 e. The summed E-state index contributed by atoms with van der Waals surface area (Å²) in [6.07, 6.45) is 3.42. The maximum atomic E-state index is 13.1. The van der Waals surface area contributed by atoms with Crippen molar-refractivity contribution in [3.63, 3.8) is 0 Å². The van der Waals surface area contributed by atoms with Gasteiger partial charge in [0.2, 0.25) is 0 Å². The zero-order chi connectivity index (χ0) is 19.7. The van der Waals surface area contributed by atoms with Crippen molar-refractivity contribution < 1.29 is 4.79 Å². The first-order chi connectivity index (χ1) is 13.4. The van der Waals surface area contributed by atoms with E-state index in [4.69, 9.17) is 4.98 Å². The monoisotopic (exact) mass is 371 g/mol. The molecule has 0 atom stereocenters. The summed E-state index contributed by atoms with van der Waals surface area (Å²) >= 11 is 0. The number of hydrogen-bond acceptors (Lipinski definition) is 4. The number of H-pyrrole nitrogens is 1. The third kappa shape index (κ3) is 3.49. The van der Waals surface area contributed by atoms with Crippen LogP contribution in [0.25, 0.3) is 22.2 Å². The van der Waals surface area contributed by atoms with Crippen LogP contribution in [0.2, 0.25) is 0 Å². The quantitative estimate of drug-likeness (QED) is 0.552. The summed E-state index contributed by atoms with van der Waals surface area (Å²) in [6.45, 7) is 6.26. The van der Waals surface area contributed by atoms with Gasteiger partial charge in [-0.15, -0.1) is 0 Å². The highest BCUT2D eigenvalue weighted by Gasteiger charge is 2.19. The van der Waals surface area contributed by atoms with Crippen molar-refractivity contribution in [3.05, 3.63) is 72.2 Å². The average molecular weight is 371 g/mol. The number of para-hydroxylation sites is 1.